The molecular formula is C18H19FN4O. The van der Waals surface area contributed by atoms with E-state index in [1.165, 1.54) is 18.5 Å². The number of hydrogen-bond donors (Lipinski definition) is 2. The Balaban J connectivity index is 1.79. The Labute approximate surface area is 139 Å². The fourth-order valence-corrected chi connectivity index (χ4v) is 2.62. The van der Waals surface area contributed by atoms with Crippen molar-refractivity contribution in [2.45, 2.75) is 26.3 Å². The molecule has 0 saturated heterocycles. The SMILES string of the molecule is CC(C)[C@@H](Cc1ccc(F)cc1)NC(=O)c1ncnc2[nH]ccc12. The number of aromatic amines is 1. The number of fused-ring (bicyclic) bond motifs is 1. The first-order valence-corrected chi connectivity index (χ1v) is 7.88. The predicted octanol–water partition coefficient (Wildman–Crippen LogP) is 3.09. The van der Waals surface area contributed by atoms with Gasteiger partial charge in [0.15, 0.2) is 0 Å². The number of rotatable bonds is 5. The van der Waals surface area contributed by atoms with Crippen LogP contribution in [0.15, 0.2) is 42.9 Å². The average Bonchev–Trinajstić information content (AvgIpc) is 3.04. The number of aromatic nitrogens is 3. The van der Waals surface area contributed by atoms with E-state index in [1.54, 1.807) is 24.4 Å². The zero-order valence-corrected chi connectivity index (χ0v) is 13.6. The molecular weight excluding hydrogens is 307 g/mol. The van der Waals surface area contributed by atoms with Gasteiger partial charge in [0, 0.05) is 12.2 Å². The average molecular weight is 326 g/mol. The molecule has 2 heterocycles. The molecule has 24 heavy (non-hydrogen) atoms. The molecule has 6 heteroatoms. The summed E-state index contributed by atoms with van der Waals surface area (Å²) < 4.78 is 13.0. The van der Waals surface area contributed by atoms with Crippen LogP contribution >= 0.6 is 0 Å². The lowest BCUT2D eigenvalue weighted by molar-refractivity contribution is 0.0922. The lowest BCUT2D eigenvalue weighted by Crippen LogP contribution is -2.40. The highest BCUT2D eigenvalue weighted by atomic mass is 19.1. The van der Waals surface area contributed by atoms with Gasteiger partial charge in [0.25, 0.3) is 5.91 Å². The van der Waals surface area contributed by atoms with Crippen LogP contribution in [0.1, 0.15) is 29.9 Å². The number of nitrogens with one attached hydrogen (secondary N) is 2. The van der Waals surface area contributed by atoms with Crippen molar-refractivity contribution in [1.29, 1.82) is 0 Å². The smallest absolute Gasteiger partial charge is 0.270 e. The number of hydrogen-bond acceptors (Lipinski definition) is 3. The second-order valence-corrected chi connectivity index (χ2v) is 6.12. The van der Waals surface area contributed by atoms with Crippen molar-refractivity contribution in [2.75, 3.05) is 0 Å². The zero-order valence-electron chi connectivity index (χ0n) is 13.6. The lowest BCUT2D eigenvalue weighted by atomic mass is 9.96. The highest BCUT2D eigenvalue weighted by Crippen LogP contribution is 2.15. The monoisotopic (exact) mass is 326 g/mol. The molecule has 1 amide bonds. The van der Waals surface area contributed by atoms with E-state index in [9.17, 15) is 9.18 Å². The highest BCUT2D eigenvalue weighted by molar-refractivity contribution is 6.03. The van der Waals surface area contributed by atoms with Crippen molar-refractivity contribution < 1.29 is 9.18 Å². The summed E-state index contributed by atoms with van der Waals surface area (Å²) >= 11 is 0. The maximum absolute atomic E-state index is 13.0. The molecule has 124 valence electrons. The molecule has 0 radical (unpaired) electrons. The van der Waals surface area contributed by atoms with Crippen LogP contribution in [0, 0.1) is 11.7 Å². The van der Waals surface area contributed by atoms with Gasteiger partial charge in [0.1, 0.15) is 23.5 Å². The fourth-order valence-electron chi connectivity index (χ4n) is 2.62. The van der Waals surface area contributed by atoms with E-state index in [0.29, 0.717) is 23.1 Å². The van der Waals surface area contributed by atoms with Crippen LogP contribution in [0.2, 0.25) is 0 Å². The number of amides is 1. The first kappa shape index (κ1) is 16.1. The van der Waals surface area contributed by atoms with E-state index in [-0.39, 0.29) is 23.7 Å². The van der Waals surface area contributed by atoms with E-state index < -0.39 is 0 Å². The van der Waals surface area contributed by atoms with Crippen LogP contribution < -0.4 is 5.32 Å². The Morgan fingerprint density at radius 2 is 1.96 bits per heavy atom. The minimum absolute atomic E-state index is 0.0769. The van der Waals surface area contributed by atoms with Gasteiger partial charge in [-0.3, -0.25) is 4.79 Å². The second kappa shape index (κ2) is 6.78. The second-order valence-electron chi connectivity index (χ2n) is 6.12. The zero-order chi connectivity index (χ0) is 17.1. The van der Waals surface area contributed by atoms with Gasteiger partial charge in [0.2, 0.25) is 0 Å². The van der Waals surface area contributed by atoms with Gasteiger partial charge < -0.3 is 10.3 Å². The summed E-state index contributed by atoms with van der Waals surface area (Å²) in [6.45, 7) is 4.08. The van der Waals surface area contributed by atoms with E-state index in [2.05, 4.69) is 20.3 Å². The summed E-state index contributed by atoms with van der Waals surface area (Å²) in [5.41, 5.74) is 1.96. The van der Waals surface area contributed by atoms with Crippen molar-refractivity contribution in [3.05, 3.63) is 59.9 Å². The molecule has 0 aliphatic carbocycles. The molecule has 0 spiro atoms. The molecule has 0 aliphatic rings. The van der Waals surface area contributed by atoms with Gasteiger partial charge in [-0.15, -0.1) is 0 Å². The normalized spacial score (nSPS) is 12.5. The predicted molar refractivity (Wildman–Crippen MR) is 90.1 cm³/mol. The van der Waals surface area contributed by atoms with Gasteiger partial charge in [-0.25, -0.2) is 14.4 Å². The number of H-pyrrole nitrogens is 1. The van der Waals surface area contributed by atoms with Crippen LogP contribution in [0.3, 0.4) is 0 Å². The van der Waals surface area contributed by atoms with Gasteiger partial charge >= 0.3 is 0 Å². The van der Waals surface area contributed by atoms with Gasteiger partial charge in [-0.1, -0.05) is 26.0 Å². The Morgan fingerprint density at radius 3 is 2.67 bits per heavy atom. The molecule has 2 aromatic heterocycles. The summed E-state index contributed by atoms with van der Waals surface area (Å²) in [7, 11) is 0. The van der Waals surface area contributed by atoms with Crippen molar-refractivity contribution in [2.24, 2.45) is 5.92 Å². The molecule has 0 fully saturated rings. The third kappa shape index (κ3) is 3.42. The Morgan fingerprint density at radius 1 is 1.21 bits per heavy atom. The maximum Gasteiger partial charge on any atom is 0.270 e. The molecule has 3 rings (SSSR count). The minimum atomic E-state index is -0.264. The van der Waals surface area contributed by atoms with Gasteiger partial charge in [-0.2, -0.15) is 0 Å². The molecule has 0 saturated carbocycles. The molecule has 3 aromatic rings. The first-order valence-electron chi connectivity index (χ1n) is 7.88. The maximum atomic E-state index is 13.0. The standard InChI is InChI=1S/C18H19FN4O/c1-11(2)15(9-12-3-5-13(19)6-4-12)23-18(24)16-14-7-8-20-17(14)22-10-21-16/h3-8,10-11,15H,9H2,1-2H3,(H,23,24)(H,20,21,22)/t15-/m1/s1. The quantitative estimate of drug-likeness (QED) is 0.757. The summed E-state index contributed by atoms with van der Waals surface area (Å²) in [5.74, 6) is -0.273. The van der Waals surface area contributed by atoms with Crippen LogP contribution in [-0.2, 0) is 6.42 Å². The van der Waals surface area contributed by atoms with Crippen molar-refractivity contribution >= 4 is 16.9 Å². The Bertz CT molecular complexity index is 842. The van der Waals surface area contributed by atoms with Crippen LogP contribution in [0.25, 0.3) is 11.0 Å². The number of halogens is 1. The number of carbonyl (C=O) groups is 1. The van der Waals surface area contributed by atoms with Crippen LogP contribution in [0.5, 0.6) is 0 Å². The molecule has 0 aliphatic heterocycles. The van der Waals surface area contributed by atoms with E-state index in [4.69, 9.17) is 0 Å². The lowest BCUT2D eigenvalue weighted by Gasteiger charge is -2.22. The van der Waals surface area contributed by atoms with Crippen LogP contribution in [0.4, 0.5) is 4.39 Å². The largest absolute Gasteiger partial charge is 0.347 e. The van der Waals surface area contributed by atoms with Crippen LogP contribution in [-0.4, -0.2) is 26.9 Å². The van der Waals surface area contributed by atoms with E-state index >= 15 is 0 Å². The number of benzene rings is 1. The molecule has 1 aromatic carbocycles. The Hall–Kier alpha value is -2.76. The minimum Gasteiger partial charge on any atom is -0.347 e. The topological polar surface area (TPSA) is 70.7 Å². The third-order valence-corrected chi connectivity index (χ3v) is 4.06. The summed E-state index contributed by atoms with van der Waals surface area (Å²) in [5, 5.41) is 3.73. The summed E-state index contributed by atoms with van der Waals surface area (Å²) in [6, 6.07) is 8.06. The van der Waals surface area contributed by atoms with Crippen molar-refractivity contribution in [3.63, 3.8) is 0 Å². The van der Waals surface area contributed by atoms with Gasteiger partial charge in [-0.05, 0) is 36.1 Å². The summed E-state index contributed by atoms with van der Waals surface area (Å²) in [6.07, 6.45) is 3.73. The van der Waals surface area contributed by atoms with E-state index in [1.807, 2.05) is 13.8 Å². The number of nitrogens with zero attached hydrogens (tertiary/aromatic N) is 2. The van der Waals surface area contributed by atoms with Crippen molar-refractivity contribution in [1.82, 2.24) is 20.3 Å². The van der Waals surface area contributed by atoms with E-state index in [0.717, 1.165) is 5.56 Å². The first-order chi connectivity index (χ1) is 11.5. The third-order valence-electron chi connectivity index (χ3n) is 4.06. The highest BCUT2D eigenvalue weighted by Gasteiger charge is 2.20. The summed E-state index contributed by atoms with van der Waals surface area (Å²) in [4.78, 5) is 23.8. The number of carbonyl (C=O) groups excluding carboxylic acids is 1. The fraction of sp³-hybridized carbons (Fsp3) is 0.278. The molecule has 2 N–H and O–H groups in total. The molecule has 0 bridgehead atoms. The molecule has 0 unspecified atom stereocenters. The molecule has 5 nitrogen and oxygen atoms in total. The van der Waals surface area contributed by atoms with Gasteiger partial charge in [0.05, 0.1) is 5.39 Å². The Kier molecular flexibility index (Phi) is 4.55. The molecule has 1 atom stereocenters. The van der Waals surface area contributed by atoms with Crippen molar-refractivity contribution in [3.8, 4) is 0 Å².